The number of carbonyl (C=O) groups is 1. The monoisotopic (exact) mass is 312 g/mol. The molecular formula is C16H25ClN2O2. The molecule has 1 aromatic carbocycles. The number of nitrogens with two attached hydrogens (primary N) is 1. The van der Waals surface area contributed by atoms with Crippen molar-refractivity contribution in [3.05, 3.63) is 23.8 Å². The quantitative estimate of drug-likeness (QED) is 0.878. The highest BCUT2D eigenvalue weighted by molar-refractivity contribution is 5.95. The van der Waals surface area contributed by atoms with Crippen LogP contribution in [0.25, 0.3) is 0 Å². The van der Waals surface area contributed by atoms with Gasteiger partial charge < -0.3 is 15.8 Å². The van der Waals surface area contributed by atoms with E-state index in [-0.39, 0.29) is 18.3 Å². The van der Waals surface area contributed by atoms with E-state index in [9.17, 15) is 4.79 Å². The standard InChI is InChI=1S/C16H24N2O2.ClH/c1-3-16(4-2,11-17)15(19)18-13-7-8-14-12(10-13)6-5-9-20-14;/h7-8,10H,3-6,9,11,17H2,1-2H3,(H,18,19);1H. The van der Waals surface area contributed by atoms with Crippen molar-refractivity contribution in [3.8, 4) is 5.75 Å². The molecule has 4 nitrogen and oxygen atoms in total. The Kier molecular flexibility index (Phi) is 6.49. The summed E-state index contributed by atoms with van der Waals surface area (Å²) in [7, 11) is 0. The second kappa shape index (κ2) is 7.66. The largest absolute Gasteiger partial charge is 0.493 e. The lowest BCUT2D eigenvalue weighted by molar-refractivity contribution is -0.125. The average molecular weight is 313 g/mol. The van der Waals surface area contributed by atoms with Crippen LogP contribution in [-0.4, -0.2) is 19.1 Å². The summed E-state index contributed by atoms with van der Waals surface area (Å²) in [4.78, 5) is 12.5. The number of carbonyl (C=O) groups excluding carboxylic acids is 1. The van der Waals surface area contributed by atoms with Gasteiger partial charge in [-0.15, -0.1) is 12.4 Å². The van der Waals surface area contributed by atoms with Gasteiger partial charge in [0.2, 0.25) is 5.91 Å². The second-order valence-corrected chi connectivity index (χ2v) is 5.42. The molecule has 5 heteroatoms. The topological polar surface area (TPSA) is 64.4 Å². The van der Waals surface area contributed by atoms with E-state index in [2.05, 4.69) is 5.32 Å². The number of rotatable bonds is 5. The lowest BCUT2D eigenvalue weighted by Crippen LogP contribution is -2.41. The first kappa shape index (κ1) is 17.8. The Balaban J connectivity index is 0.00000220. The zero-order valence-electron chi connectivity index (χ0n) is 12.8. The molecule has 0 fully saturated rings. The molecule has 118 valence electrons. The minimum atomic E-state index is -0.466. The summed E-state index contributed by atoms with van der Waals surface area (Å²) in [5.74, 6) is 0.951. The molecule has 1 amide bonds. The smallest absolute Gasteiger partial charge is 0.231 e. The Labute approximate surface area is 132 Å². The fourth-order valence-electron chi connectivity index (χ4n) is 2.65. The molecule has 2 rings (SSSR count). The van der Waals surface area contributed by atoms with Crippen molar-refractivity contribution in [2.45, 2.75) is 39.5 Å². The van der Waals surface area contributed by atoms with Gasteiger partial charge in [-0.2, -0.15) is 0 Å². The molecule has 0 atom stereocenters. The maximum absolute atomic E-state index is 12.5. The third-order valence-electron chi connectivity index (χ3n) is 4.39. The van der Waals surface area contributed by atoms with Gasteiger partial charge in [-0.1, -0.05) is 13.8 Å². The summed E-state index contributed by atoms with van der Waals surface area (Å²) in [5, 5.41) is 3.01. The van der Waals surface area contributed by atoms with Gasteiger partial charge in [-0.3, -0.25) is 4.79 Å². The number of anilines is 1. The highest BCUT2D eigenvalue weighted by Crippen LogP contribution is 2.30. The number of benzene rings is 1. The number of hydrogen-bond donors (Lipinski definition) is 2. The van der Waals surface area contributed by atoms with Crippen molar-refractivity contribution in [2.75, 3.05) is 18.5 Å². The molecule has 21 heavy (non-hydrogen) atoms. The Morgan fingerprint density at radius 1 is 1.38 bits per heavy atom. The van der Waals surface area contributed by atoms with Gasteiger partial charge in [-0.25, -0.2) is 0 Å². The van der Waals surface area contributed by atoms with E-state index in [4.69, 9.17) is 10.5 Å². The van der Waals surface area contributed by atoms with Crippen LogP contribution in [0, 0.1) is 5.41 Å². The molecule has 0 saturated carbocycles. The SMILES string of the molecule is CCC(CC)(CN)C(=O)Nc1ccc2c(c1)CCCO2.Cl. The fraction of sp³-hybridized carbons (Fsp3) is 0.562. The van der Waals surface area contributed by atoms with Crippen LogP contribution in [0.1, 0.15) is 38.7 Å². The maximum atomic E-state index is 12.5. The lowest BCUT2D eigenvalue weighted by atomic mass is 9.81. The van der Waals surface area contributed by atoms with Crippen molar-refractivity contribution >= 4 is 24.0 Å². The van der Waals surface area contributed by atoms with Gasteiger partial charge >= 0.3 is 0 Å². The third kappa shape index (κ3) is 3.69. The van der Waals surface area contributed by atoms with Crippen LogP contribution in [0.3, 0.4) is 0 Å². The van der Waals surface area contributed by atoms with Crippen molar-refractivity contribution in [1.29, 1.82) is 0 Å². The molecule has 1 aliphatic heterocycles. The highest BCUT2D eigenvalue weighted by Gasteiger charge is 2.33. The number of aryl methyl sites for hydroxylation is 1. The first-order valence-corrected chi connectivity index (χ1v) is 7.42. The number of fused-ring (bicyclic) bond motifs is 1. The third-order valence-corrected chi connectivity index (χ3v) is 4.39. The van der Waals surface area contributed by atoms with Crippen LogP contribution in [0.4, 0.5) is 5.69 Å². The summed E-state index contributed by atoms with van der Waals surface area (Å²) in [6.07, 6.45) is 3.53. The summed E-state index contributed by atoms with van der Waals surface area (Å²) in [5.41, 5.74) is 7.35. The van der Waals surface area contributed by atoms with E-state index in [0.717, 1.165) is 43.7 Å². The Hall–Kier alpha value is -1.26. The zero-order valence-corrected chi connectivity index (χ0v) is 13.6. The molecule has 0 aliphatic carbocycles. The second-order valence-electron chi connectivity index (χ2n) is 5.42. The summed E-state index contributed by atoms with van der Waals surface area (Å²) in [6, 6.07) is 5.85. The van der Waals surface area contributed by atoms with Gasteiger partial charge in [0.1, 0.15) is 5.75 Å². The highest BCUT2D eigenvalue weighted by atomic mass is 35.5. The van der Waals surface area contributed by atoms with E-state index < -0.39 is 5.41 Å². The van der Waals surface area contributed by atoms with Crippen molar-refractivity contribution in [3.63, 3.8) is 0 Å². The Bertz CT molecular complexity index is 479. The normalized spacial score (nSPS) is 13.7. The van der Waals surface area contributed by atoms with Crippen LogP contribution in [0.5, 0.6) is 5.75 Å². The number of hydrogen-bond acceptors (Lipinski definition) is 3. The van der Waals surface area contributed by atoms with Crippen molar-refractivity contribution in [2.24, 2.45) is 11.1 Å². The number of halogens is 1. The molecule has 0 saturated heterocycles. The van der Waals surface area contributed by atoms with Gasteiger partial charge in [-0.05, 0) is 49.4 Å². The van der Waals surface area contributed by atoms with E-state index in [1.54, 1.807) is 0 Å². The predicted molar refractivity (Wildman–Crippen MR) is 88.2 cm³/mol. The summed E-state index contributed by atoms with van der Waals surface area (Å²) in [6.45, 7) is 5.17. The number of amides is 1. The molecule has 1 aromatic rings. The molecule has 0 bridgehead atoms. The molecule has 0 spiro atoms. The van der Waals surface area contributed by atoms with Gasteiger partial charge in [0.05, 0.1) is 12.0 Å². The Morgan fingerprint density at radius 2 is 2.10 bits per heavy atom. The fourth-order valence-corrected chi connectivity index (χ4v) is 2.65. The first-order valence-electron chi connectivity index (χ1n) is 7.42. The Morgan fingerprint density at radius 3 is 2.71 bits per heavy atom. The number of nitrogens with one attached hydrogen (secondary N) is 1. The molecule has 0 radical (unpaired) electrons. The maximum Gasteiger partial charge on any atom is 0.231 e. The molecule has 0 unspecified atom stereocenters. The van der Waals surface area contributed by atoms with Crippen LogP contribution >= 0.6 is 12.4 Å². The molecule has 1 aliphatic rings. The van der Waals surface area contributed by atoms with Crippen molar-refractivity contribution < 1.29 is 9.53 Å². The van der Waals surface area contributed by atoms with Gasteiger partial charge in [0.25, 0.3) is 0 Å². The van der Waals surface area contributed by atoms with Crippen LogP contribution in [0.2, 0.25) is 0 Å². The molecule has 0 aromatic heterocycles. The minimum Gasteiger partial charge on any atom is -0.493 e. The lowest BCUT2D eigenvalue weighted by Gasteiger charge is -2.28. The predicted octanol–water partition coefficient (Wildman–Crippen LogP) is 3.14. The summed E-state index contributed by atoms with van der Waals surface area (Å²) < 4.78 is 5.58. The van der Waals surface area contributed by atoms with Gasteiger partial charge in [0.15, 0.2) is 0 Å². The first-order chi connectivity index (χ1) is 9.65. The van der Waals surface area contributed by atoms with E-state index in [0.29, 0.717) is 6.54 Å². The van der Waals surface area contributed by atoms with E-state index in [1.165, 1.54) is 5.56 Å². The summed E-state index contributed by atoms with van der Waals surface area (Å²) >= 11 is 0. The number of ether oxygens (including phenoxy) is 1. The van der Waals surface area contributed by atoms with E-state index in [1.807, 2.05) is 32.0 Å². The molecular weight excluding hydrogens is 288 g/mol. The zero-order chi connectivity index (χ0) is 14.6. The van der Waals surface area contributed by atoms with Crippen LogP contribution in [0.15, 0.2) is 18.2 Å². The minimum absolute atomic E-state index is 0. The molecule has 1 heterocycles. The molecule has 3 N–H and O–H groups in total. The van der Waals surface area contributed by atoms with E-state index >= 15 is 0 Å². The van der Waals surface area contributed by atoms with Crippen LogP contribution < -0.4 is 15.8 Å². The van der Waals surface area contributed by atoms with Gasteiger partial charge in [0, 0.05) is 12.2 Å². The van der Waals surface area contributed by atoms with Crippen LogP contribution in [-0.2, 0) is 11.2 Å². The average Bonchev–Trinajstić information content (AvgIpc) is 2.49. The van der Waals surface area contributed by atoms with Crippen molar-refractivity contribution in [1.82, 2.24) is 0 Å².